The Labute approximate surface area is 99.8 Å². The van der Waals surface area contributed by atoms with E-state index in [1.165, 1.54) is 19.4 Å². The number of aromatic amines is 1. The lowest BCUT2D eigenvalue weighted by Gasteiger charge is -2.07. The van der Waals surface area contributed by atoms with Crippen LogP contribution in [0.25, 0.3) is 21.8 Å². The highest BCUT2D eigenvalue weighted by Gasteiger charge is 2.16. The van der Waals surface area contributed by atoms with E-state index in [1.807, 2.05) is 0 Å². The number of hydrogen-bond acceptors (Lipinski definition) is 5. The van der Waals surface area contributed by atoms with Gasteiger partial charge in [0.1, 0.15) is 5.52 Å². The maximum absolute atomic E-state index is 12.0. The maximum Gasteiger partial charge on any atom is 0.313 e. The van der Waals surface area contributed by atoms with E-state index in [1.54, 1.807) is 6.07 Å². The molecular formula is C12H8N2O4. The minimum Gasteiger partial charge on any atom is -0.503 e. The number of benzene rings is 1. The van der Waals surface area contributed by atoms with Crippen molar-refractivity contribution in [2.45, 2.75) is 0 Å². The standard InChI is InChI=1S/C12H8N2O4/c1-18-7-4-5-8-6(14-12(17)10(5)15)2-3-13-9(8)11(7)16/h2-4,13,15H,1H3. The second-order valence-corrected chi connectivity index (χ2v) is 3.83. The number of aromatic nitrogens is 2. The fraction of sp³-hybridized carbons (Fsp3) is 0.0833. The highest BCUT2D eigenvalue weighted by Crippen LogP contribution is 2.28. The summed E-state index contributed by atoms with van der Waals surface area (Å²) in [5, 5.41) is 10.4. The van der Waals surface area contributed by atoms with Crippen LogP contribution < -0.4 is 15.7 Å². The molecule has 2 aromatic heterocycles. The van der Waals surface area contributed by atoms with Crippen LogP contribution in [0, 0.1) is 0 Å². The third kappa shape index (κ3) is 1.20. The molecule has 2 N–H and O–H groups in total. The number of aromatic hydroxyl groups is 1. The van der Waals surface area contributed by atoms with E-state index in [4.69, 9.17) is 4.74 Å². The molecule has 0 aliphatic carbocycles. The molecule has 0 radical (unpaired) electrons. The van der Waals surface area contributed by atoms with Gasteiger partial charge < -0.3 is 14.8 Å². The van der Waals surface area contributed by atoms with Crippen LogP contribution >= 0.6 is 0 Å². The van der Waals surface area contributed by atoms with Crippen molar-refractivity contribution < 1.29 is 9.84 Å². The fourth-order valence-electron chi connectivity index (χ4n) is 2.04. The Hall–Kier alpha value is -2.63. The van der Waals surface area contributed by atoms with E-state index in [9.17, 15) is 14.7 Å². The van der Waals surface area contributed by atoms with Gasteiger partial charge in [-0.2, -0.15) is 0 Å². The second-order valence-electron chi connectivity index (χ2n) is 3.83. The van der Waals surface area contributed by atoms with Gasteiger partial charge in [0.05, 0.1) is 12.6 Å². The summed E-state index contributed by atoms with van der Waals surface area (Å²) < 4.78 is 4.94. The lowest BCUT2D eigenvalue weighted by Crippen LogP contribution is -2.11. The molecule has 0 aliphatic heterocycles. The van der Waals surface area contributed by atoms with E-state index in [-0.39, 0.29) is 22.1 Å². The van der Waals surface area contributed by atoms with Gasteiger partial charge in [-0.05, 0) is 12.1 Å². The summed E-state index contributed by atoms with van der Waals surface area (Å²) in [7, 11) is 1.35. The molecule has 0 spiro atoms. The van der Waals surface area contributed by atoms with Gasteiger partial charge in [0, 0.05) is 17.0 Å². The number of ether oxygens (including phenoxy) is 1. The number of nitrogens with one attached hydrogen (secondary N) is 1. The van der Waals surface area contributed by atoms with Crippen molar-refractivity contribution >= 4 is 21.8 Å². The van der Waals surface area contributed by atoms with Crippen molar-refractivity contribution in [3.05, 3.63) is 38.9 Å². The molecule has 0 aliphatic rings. The van der Waals surface area contributed by atoms with E-state index < -0.39 is 11.3 Å². The molecule has 0 unspecified atom stereocenters. The van der Waals surface area contributed by atoms with E-state index in [0.29, 0.717) is 10.9 Å². The zero-order chi connectivity index (χ0) is 12.9. The first-order valence-corrected chi connectivity index (χ1v) is 5.18. The molecule has 0 saturated heterocycles. The normalized spacial score (nSPS) is 11.2. The molecule has 1 aromatic carbocycles. The molecule has 0 fully saturated rings. The zero-order valence-corrected chi connectivity index (χ0v) is 9.35. The number of nitrogens with zero attached hydrogens (tertiary/aromatic N) is 1. The SMILES string of the molecule is COc1cc2c(O)c(=O)nc3cc[nH]c(c1=O)c32. The number of H-pyrrole nitrogens is 1. The molecule has 2 heterocycles. The van der Waals surface area contributed by atoms with E-state index >= 15 is 0 Å². The minimum atomic E-state index is -0.726. The molecule has 6 heteroatoms. The molecule has 3 aromatic rings. The summed E-state index contributed by atoms with van der Waals surface area (Å²) in [6, 6.07) is 2.92. The summed E-state index contributed by atoms with van der Waals surface area (Å²) in [5.74, 6) is -0.419. The Morgan fingerprint density at radius 3 is 2.89 bits per heavy atom. The predicted molar refractivity (Wildman–Crippen MR) is 65.5 cm³/mol. The van der Waals surface area contributed by atoms with Crippen LogP contribution in [-0.2, 0) is 0 Å². The molecule has 0 amide bonds. The smallest absolute Gasteiger partial charge is 0.313 e. The zero-order valence-electron chi connectivity index (χ0n) is 9.35. The van der Waals surface area contributed by atoms with Gasteiger partial charge in [0.25, 0.3) is 0 Å². The first kappa shape index (κ1) is 10.5. The van der Waals surface area contributed by atoms with Crippen LogP contribution in [-0.4, -0.2) is 22.2 Å². The summed E-state index contributed by atoms with van der Waals surface area (Å²) in [5.41, 5.74) is -0.447. The van der Waals surface area contributed by atoms with E-state index in [2.05, 4.69) is 9.97 Å². The lowest BCUT2D eigenvalue weighted by molar-refractivity contribution is 0.411. The fourth-order valence-corrected chi connectivity index (χ4v) is 2.04. The summed E-state index contributed by atoms with van der Waals surface area (Å²) >= 11 is 0. The van der Waals surface area contributed by atoms with Gasteiger partial charge in [-0.3, -0.25) is 9.59 Å². The van der Waals surface area contributed by atoms with Gasteiger partial charge in [0.2, 0.25) is 5.43 Å². The van der Waals surface area contributed by atoms with Crippen LogP contribution in [0.5, 0.6) is 11.5 Å². The number of rotatable bonds is 1. The highest BCUT2D eigenvalue weighted by molar-refractivity contribution is 6.09. The first-order chi connectivity index (χ1) is 8.63. The van der Waals surface area contributed by atoms with Crippen molar-refractivity contribution in [2.24, 2.45) is 0 Å². The second kappa shape index (κ2) is 3.43. The number of hydrogen-bond donors (Lipinski definition) is 2. The van der Waals surface area contributed by atoms with Gasteiger partial charge in [0.15, 0.2) is 11.5 Å². The van der Waals surface area contributed by atoms with Crippen LogP contribution in [0.4, 0.5) is 0 Å². The van der Waals surface area contributed by atoms with Gasteiger partial charge in [-0.15, -0.1) is 0 Å². The molecule has 18 heavy (non-hydrogen) atoms. The van der Waals surface area contributed by atoms with Crippen LogP contribution in [0.3, 0.4) is 0 Å². The summed E-state index contributed by atoms with van der Waals surface area (Å²) in [6.45, 7) is 0. The monoisotopic (exact) mass is 244 g/mol. The first-order valence-electron chi connectivity index (χ1n) is 5.18. The van der Waals surface area contributed by atoms with Crippen molar-refractivity contribution in [2.75, 3.05) is 7.11 Å². The maximum atomic E-state index is 12.0. The third-order valence-corrected chi connectivity index (χ3v) is 2.87. The van der Waals surface area contributed by atoms with Gasteiger partial charge in [-0.25, -0.2) is 4.98 Å². The Morgan fingerprint density at radius 1 is 1.39 bits per heavy atom. The van der Waals surface area contributed by atoms with Crippen LogP contribution in [0.1, 0.15) is 0 Å². The van der Waals surface area contributed by atoms with Crippen molar-refractivity contribution in [1.82, 2.24) is 9.97 Å². The molecule has 0 saturated carbocycles. The van der Waals surface area contributed by atoms with Crippen molar-refractivity contribution in [3.8, 4) is 11.5 Å². The van der Waals surface area contributed by atoms with Crippen LogP contribution in [0.15, 0.2) is 27.9 Å². The number of methoxy groups -OCH3 is 1. The molecule has 90 valence electrons. The lowest BCUT2D eigenvalue weighted by atomic mass is 10.1. The Morgan fingerprint density at radius 2 is 2.17 bits per heavy atom. The van der Waals surface area contributed by atoms with Crippen molar-refractivity contribution in [1.29, 1.82) is 0 Å². The predicted octanol–water partition coefficient (Wildman–Crippen LogP) is 0.588. The number of pyridine rings is 2. The summed E-state index contributed by atoms with van der Waals surface area (Å²) in [6.07, 6.45) is 1.52. The topological polar surface area (TPSA) is 92.3 Å². The van der Waals surface area contributed by atoms with Crippen molar-refractivity contribution in [3.63, 3.8) is 0 Å². The Balaban J connectivity index is 2.74. The van der Waals surface area contributed by atoms with Crippen LogP contribution in [0.2, 0.25) is 0 Å². The largest absolute Gasteiger partial charge is 0.503 e. The van der Waals surface area contributed by atoms with E-state index in [0.717, 1.165) is 0 Å². The molecule has 3 rings (SSSR count). The highest BCUT2D eigenvalue weighted by atomic mass is 16.5. The van der Waals surface area contributed by atoms with Gasteiger partial charge in [-0.1, -0.05) is 0 Å². The Kier molecular flexibility index (Phi) is 2.00. The molecular weight excluding hydrogens is 236 g/mol. The average Bonchev–Trinajstić information content (AvgIpc) is 2.38. The molecule has 0 bridgehead atoms. The molecule has 6 nitrogen and oxygen atoms in total. The molecule has 0 atom stereocenters. The average molecular weight is 244 g/mol. The Bertz CT molecular complexity index is 869. The van der Waals surface area contributed by atoms with Gasteiger partial charge >= 0.3 is 5.56 Å². The summed E-state index contributed by atoms with van der Waals surface area (Å²) in [4.78, 5) is 30.0. The minimum absolute atomic E-state index is 0.0622. The third-order valence-electron chi connectivity index (χ3n) is 2.87. The quantitative estimate of drug-likeness (QED) is 0.653.